The Kier molecular flexibility index (Phi) is 4.43. The summed E-state index contributed by atoms with van der Waals surface area (Å²) in [7, 11) is 1.63. The fraction of sp³-hybridized carbons (Fsp3) is 0.273. The van der Waals surface area contributed by atoms with Crippen LogP contribution < -0.4 is 4.90 Å². The molecular weight excluding hydrogens is 352 g/mol. The first-order valence-corrected chi connectivity index (χ1v) is 9.14. The molecule has 0 fully saturated rings. The molecule has 0 saturated heterocycles. The van der Waals surface area contributed by atoms with E-state index in [4.69, 9.17) is 4.74 Å². The third-order valence-electron chi connectivity index (χ3n) is 5.12. The van der Waals surface area contributed by atoms with Gasteiger partial charge in [0.05, 0.1) is 35.3 Å². The smallest absolute Gasteiger partial charge is 0.241 e. The summed E-state index contributed by atoms with van der Waals surface area (Å²) in [6, 6.07) is 9.86. The minimum absolute atomic E-state index is 0.0288. The zero-order chi connectivity index (χ0) is 19.9. The van der Waals surface area contributed by atoms with E-state index in [-0.39, 0.29) is 5.91 Å². The number of carbonyl (C=O) groups excluding carboxylic acids is 1. The van der Waals surface area contributed by atoms with Crippen molar-refractivity contribution < 1.29 is 9.53 Å². The number of hydrogen-bond donors (Lipinski definition) is 0. The monoisotopic (exact) mass is 374 g/mol. The van der Waals surface area contributed by atoms with Crippen molar-refractivity contribution in [3.05, 3.63) is 66.0 Å². The number of aryl methyl sites for hydroxylation is 1. The van der Waals surface area contributed by atoms with Gasteiger partial charge < -0.3 is 4.74 Å². The van der Waals surface area contributed by atoms with Gasteiger partial charge in [0.25, 0.3) is 0 Å². The molecule has 4 rings (SSSR count). The third-order valence-corrected chi connectivity index (χ3v) is 5.12. The predicted molar refractivity (Wildman–Crippen MR) is 107 cm³/mol. The molecule has 0 saturated carbocycles. The van der Waals surface area contributed by atoms with E-state index in [0.717, 1.165) is 39.6 Å². The van der Waals surface area contributed by atoms with Gasteiger partial charge in [0, 0.05) is 25.1 Å². The van der Waals surface area contributed by atoms with E-state index in [1.807, 2.05) is 51.1 Å². The lowest BCUT2D eigenvalue weighted by Crippen LogP contribution is -2.33. The standard InChI is InChI=1S/C22H22N4O2/c1-14-23-10-16(11-24-14)15-5-8-19-20(9-15)26(21(27)22(19,2)3)18-7-6-17(13-28-4)25-12-18/h5-12H,13H2,1-4H3. The quantitative estimate of drug-likeness (QED) is 0.692. The van der Waals surface area contributed by atoms with Gasteiger partial charge in [-0.3, -0.25) is 14.7 Å². The molecular formula is C22H22N4O2. The number of rotatable bonds is 4. The van der Waals surface area contributed by atoms with Crippen molar-refractivity contribution >= 4 is 17.3 Å². The molecule has 1 aliphatic heterocycles. The van der Waals surface area contributed by atoms with Crippen molar-refractivity contribution in [1.29, 1.82) is 0 Å². The number of aromatic nitrogens is 3. The Bertz CT molecular complexity index is 1030. The molecule has 3 heterocycles. The van der Waals surface area contributed by atoms with Crippen LogP contribution in [0.4, 0.5) is 11.4 Å². The molecule has 6 heteroatoms. The molecule has 1 aromatic carbocycles. The highest BCUT2D eigenvalue weighted by Crippen LogP contribution is 2.46. The molecule has 0 unspecified atom stereocenters. The summed E-state index contributed by atoms with van der Waals surface area (Å²) in [5.74, 6) is 0.756. The molecule has 1 aliphatic rings. The van der Waals surface area contributed by atoms with Crippen molar-refractivity contribution in [2.75, 3.05) is 12.0 Å². The van der Waals surface area contributed by atoms with Gasteiger partial charge in [-0.1, -0.05) is 12.1 Å². The average Bonchev–Trinajstić information content (AvgIpc) is 2.89. The number of ether oxygens (including phenoxy) is 1. The van der Waals surface area contributed by atoms with Gasteiger partial charge in [0.1, 0.15) is 5.82 Å². The molecule has 0 bridgehead atoms. The zero-order valence-electron chi connectivity index (χ0n) is 16.4. The number of amides is 1. The van der Waals surface area contributed by atoms with Crippen LogP contribution in [0.5, 0.6) is 0 Å². The Morgan fingerprint density at radius 1 is 1.00 bits per heavy atom. The maximum absolute atomic E-state index is 13.2. The first kappa shape index (κ1) is 18.3. The van der Waals surface area contributed by atoms with E-state index in [0.29, 0.717) is 6.61 Å². The van der Waals surface area contributed by atoms with E-state index >= 15 is 0 Å². The van der Waals surface area contributed by atoms with Crippen LogP contribution in [-0.4, -0.2) is 28.0 Å². The molecule has 2 aromatic heterocycles. The Balaban J connectivity index is 1.80. The van der Waals surface area contributed by atoms with Crippen molar-refractivity contribution in [2.24, 2.45) is 0 Å². The van der Waals surface area contributed by atoms with E-state index in [1.54, 1.807) is 30.6 Å². The zero-order valence-corrected chi connectivity index (χ0v) is 16.4. The van der Waals surface area contributed by atoms with E-state index < -0.39 is 5.41 Å². The molecule has 0 atom stereocenters. The fourth-order valence-electron chi connectivity index (χ4n) is 3.51. The Morgan fingerprint density at radius 3 is 2.39 bits per heavy atom. The summed E-state index contributed by atoms with van der Waals surface area (Å²) in [5.41, 5.74) is 4.71. The maximum Gasteiger partial charge on any atom is 0.241 e. The van der Waals surface area contributed by atoms with Crippen LogP contribution in [0.2, 0.25) is 0 Å². The molecule has 142 valence electrons. The van der Waals surface area contributed by atoms with E-state index in [9.17, 15) is 4.79 Å². The third kappa shape index (κ3) is 2.96. The largest absolute Gasteiger partial charge is 0.378 e. The fourth-order valence-corrected chi connectivity index (χ4v) is 3.51. The summed E-state index contributed by atoms with van der Waals surface area (Å²) in [6.45, 7) is 6.20. The van der Waals surface area contributed by atoms with Crippen molar-refractivity contribution in [1.82, 2.24) is 15.0 Å². The average molecular weight is 374 g/mol. The number of pyridine rings is 1. The van der Waals surface area contributed by atoms with Gasteiger partial charge in [-0.2, -0.15) is 0 Å². The van der Waals surface area contributed by atoms with Gasteiger partial charge in [-0.25, -0.2) is 9.97 Å². The van der Waals surface area contributed by atoms with Crippen LogP contribution in [0.25, 0.3) is 11.1 Å². The maximum atomic E-state index is 13.2. The van der Waals surface area contributed by atoms with Gasteiger partial charge in [-0.05, 0) is 50.1 Å². The molecule has 0 aliphatic carbocycles. The van der Waals surface area contributed by atoms with Gasteiger partial charge in [-0.15, -0.1) is 0 Å². The number of carbonyl (C=O) groups is 1. The normalized spacial score (nSPS) is 15.0. The second-order valence-electron chi connectivity index (χ2n) is 7.46. The first-order valence-electron chi connectivity index (χ1n) is 9.14. The lowest BCUT2D eigenvalue weighted by molar-refractivity contribution is -0.121. The highest BCUT2D eigenvalue weighted by Gasteiger charge is 2.44. The van der Waals surface area contributed by atoms with Gasteiger partial charge in [0.2, 0.25) is 5.91 Å². The van der Waals surface area contributed by atoms with Crippen LogP contribution in [0, 0.1) is 6.92 Å². The predicted octanol–water partition coefficient (Wildman–Crippen LogP) is 3.95. The SMILES string of the molecule is COCc1ccc(N2C(=O)C(C)(C)c3ccc(-c4cnc(C)nc4)cc32)cn1. The van der Waals surface area contributed by atoms with Crippen LogP contribution in [0.15, 0.2) is 48.9 Å². The van der Waals surface area contributed by atoms with Crippen LogP contribution in [0.1, 0.15) is 30.9 Å². The number of benzene rings is 1. The number of nitrogens with zero attached hydrogens (tertiary/aromatic N) is 4. The molecule has 6 nitrogen and oxygen atoms in total. The second-order valence-corrected chi connectivity index (χ2v) is 7.46. The van der Waals surface area contributed by atoms with Gasteiger partial charge >= 0.3 is 0 Å². The molecule has 1 amide bonds. The highest BCUT2D eigenvalue weighted by atomic mass is 16.5. The number of hydrogen-bond acceptors (Lipinski definition) is 5. The topological polar surface area (TPSA) is 68.2 Å². The number of anilines is 2. The summed E-state index contributed by atoms with van der Waals surface area (Å²) < 4.78 is 5.12. The minimum Gasteiger partial charge on any atom is -0.378 e. The van der Waals surface area contributed by atoms with Crippen LogP contribution in [-0.2, 0) is 21.6 Å². The van der Waals surface area contributed by atoms with Crippen molar-refractivity contribution in [2.45, 2.75) is 32.8 Å². The Morgan fingerprint density at radius 2 is 1.75 bits per heavy atom. The Hall–Kier alpha value is -3.12. The lowest BCUT2D eigenvalue weighted by atomic mass is 9.85. The van der Waals surface area contributed by atoms with Crippen molar-refractivity contribution in [3.63, 3.8) is 0 Å². The summed E-state index contributed by atoms with van der Waals surface area (Å²) in [6.07, 6.45) is 5.33. The van der Waals surface area contributed by atoms with Crippen molar-refractivity contribution in [3.8, 4) is 11.1 Å². The van der Waals surface area contributed by atoms with E-state index in [1.165, 1.54) is 0 Å². The summed E-state index contributed by atoms with van der Waals surface area (Å²) in [5, 5.41) is 0. The molecule has 0 radical (unpaired) electrons. The minimum atomic E-state index is -0.608. The second kappa shape index (κ2) is 6.80. The summed E-state index contributed by atoms with van der Waals surface area (Å²) >= 11 is 0. The molecule has 0 N–H and O–H groups in total. The Labute approximate surface area is 164 Å². The van der Waals surface area contributed by atoms with Crippen LogP contribution >= 0.6 is 0 Å². The first-order chi connectivity index (χ1) is 13.4. The molecule has 0 spiro atoms. The molecule has 3 aromatic rings. The lowest BCUT2D eigenvalue weighted by Gasteiger charge is -2.20. The molecule has 28 heavy (non-hydrogen) atoms. The van der Waals surface area contributed by atoms with Crippen LogP contribution in [0.3, 0.4) is 0 Å². The summed E-state index contributed by atoms with van der Waals surface area (Å²) in [4.78, 5) is 28.0. The number of fused-ring (bicyclic) bond motifs is 1. The number of methoxy groups -OCH3 is 1. The highest BCUT2D eigenvalue weighted by molar-refractivity contribution is 6.12. The van der Waals surface area contributed by atoms with E-state index in [2.05, 4.69) is 15.0 Å². The van der Waals surface area contributed by atoms with Gasteiger partial charge in [0.15, 0.2) is 0 Å².